The monoisotopic (exact) mass is 329 g/mol. The summed E-state index contributed by atoms with van der Waals surface area (Å²) in [7, 11) is 0. The molecule has 3 heterocycles. The molecule has 0 radical (unpaired) electrons. The summed E-state index contributed by atoms with van der Waals surface area (Å²) in [6.07, 6.45) is 4.23. The van der Waals surface area contributed by atoms with Crippen LogP contribution in [0.2, 0.25) is 0 Å². The van der Waals surface area contributed by atoms with Crippen LogP contribution in [0.5, 0.6) is 11.5 Å². The molecule has 0 bridgehead atoms. The number of hydrogen-bond acceptors (Lipinski definition) is 6. The van der Waals surface area contributed by atoms with Crippen LogP contribution in [0.25, 0.3) is 0 Å². The summed E-state index contributed by atoms with van der Waals surface area (Å²) in [5.41, 5.74) is 11.1. The Morgan fingerprint density at radius 1 is 1.04 bits per heavy atom. The highest BCUT2D eigenvalue weighted by Crippen LogP contribution is 2.45. The maximum absolute atomic E-state index is 6.06. The van der Waals surface area contributed by atoms with Gasteiger partial charge in [-0.2, -0.15) is 4.98 Å². The van der Waals surface area contributed by atoms with Gasteiger partial charge in [0.05, 0.1) is 13.2 Å². The van der Waals surface area contributed by atoms with Crippen LogP contribution in [0.15, 0.2) is 4.52 Å². The minimum absolute atomic E-state index is 0.107. The van der Waals surface area contributed by atoms with E-state index in [1.165, 1.54) is 22.3 Å². The zero-order valence-electron chi connectivity index (χ0n) is 14.2. The highest BCUT2D eigenvalue weighted by molar-refractivity contribution is 5.62. The maximum atomic E-state index is 6.06. The molecule has 0 saturated carbocycles. The smallest absolute Gasteiger partial charge is 0.226 e. The summed E-state index contributed by atoms with van der Waals surface area (Å²) in [5.74, 6) is 3.44. The molecule has 0 fully saturated rings. The number of fused-ring (bicyclic) bond motifs is 2. The third-order valence-electron chi connectivity index (χ3n) is 4.71. The first-order valence-electron chi connectivity index (χ1n) is 8.63. The fourth-order valence-corrected chi connectivity index (χ4v) is 3.78. The highest BCUT2D eigenvalue weighted by Gasteiger charge is 2.31. The Morgan fingerprint density at radius 2 is 1.71 bits per heavy atom. The predicted octanol–water partition coefficient (Wildman–Crippen LogP) is 1.92. The minimum Gasteiger partial charge on any atom is -0.493 e. The van der Waals surface area contributed by atoms with Gasteiger partial charge >= 0.3 is 0 Å². The van der Waals surface area contributed by atoms with E-state index in [2.05, 4.69) is 10.1 Å². The number of nitrogens with two attached hydrogens (primary N) is 1. The summed E-state index contributed by atoms with van der Waals surface area (Å²) in [4.78, 5) is 4.30. The Labute approximate surface area is 141 Å². The topological polar surface area (TPSA) is 83.4 Å². The molecule has 0 amide bonds. The fraction of sp³-hybridized carbons (Fsp3) is 0.556. The predicted molar refractivity (Wildman–Crippen MR) is 88.6 cm³/mol. The van der Waals surface area contributed by atoms with Crippen LogP contribution in [0.1, 0.15) is 40.9 Å². The largest absolute Gasteiger partial charge is 0.493 e. The molecule has 1 atom stereocenters. The molecule has 128 valence electrons. The van der Waals surface area contributed by atoms with E-state index in [0.717, 1.165) is 56.8 Å². The quantitative estimate of drug-likeness (QED) is 0.902. The molecule has 0 saturated heterocycles. The van der Waals surface area contributed by atoms with Crippen molar-refractivity contribution in [3.8, 4) is 11.5 Å². The van der Waals surface area contributed by atoms with Gasteiger partial charge in [-0.25, -0.2) is 0 Å². The molecule has 0 spiro atoms. The SMILES string of the molecule is Cc1noc(CCc2c3c(c(C[C@@H](C)N)c4c2OCC4)OCC3)n1. The van der Waals surface area contributed by atoms with Crippen LogP contribution in [-0.4, -0.2) is 29.4 Å². The molecule has 1 aromatic carbocycles. The number of benzene rings is 1. The van der Waals surface area contributed by atoms with Crippen LogP contribution in [0, 0.1) is 6.92 Å². The lowest BCUT2D eigenvalue weighted by Gasteiger charge is -2.18. The summed E-state index contributed by atoms with van der Waals surface area (Å²) in [5, 5.41) is 3.86. The van der Waals surface area contributed by atoms with E-state index in [-0.39, 0.29) is 6.04 Å². The number of nitrogens with zero attached hydrogens (tertiary/aromatic N) is 2. The molecule has 6 heteroatoms. The van der Waals surface area contributed by atoms with Crippen molar-refractivity contribution in [2.24, 2.45) is 5.73 Å². The highest BCUT2D eigenvalue weighted by atomic mass is 16.5. The molecule has 0 aliphatic carbocycles. The van der Waals surface area contributed by atoms with Crippen molar-refractivity contribution in [2.75, 3.05) is 13.2 Å². The van der Waals surface area contributed by atoms with Crippen molar-refractivity contribution < 1.29 is 14.0 Å². The van der Waals surface area contributed by atoms with E-state index in [0.29, 0.717) is 11.7 Å². The lowest BCUT2D eigenvalue weighted by atomic mass is 9.89. The third-order valence-corrected chi connectivity index (χ3v) is 4.71. The average Bonchev–Trinajstić information content (AvgIpc) is 3.25. The van der Waals surface area contributed by atoms with Gasteiger partial charge < -0.3 is 19.7 Å². The van der Waals surface area contributed by atoms with Crippen molar-refractivity contribution in [1.29, 1.82) is 0 Å². The Morgan fingerprint density at radius 3 is 2.33 bits per heavy atom. The van der Waals surface area contributed by atoms with Crippen LogP contribution in [0.3, 0.4) is 0 Å². The lowest BCUT2D eigenvalue weighted by molar-refractivity contribution is 0.350. The van der Waals surface area contributed by atoms with Crippen LogP contribution >= 0.6 is 0 Å². The first-order valence-corrected chi connectivity index (χ1v) is 8.63. The van der Waals surface area contributed by atoms with E-state index in [4.69, 9.17) is 19.7 Å². The Balaban J connectivity index is 1.72. The number of aromatic nitrogens is 2. The van der Waals surface area contributed by atoms with E-state index in [1.54, 1.807) is 0 Å². The number of aryl methyl sites for hydroxylation is 2. The van der Waals surface area contributed by atoms with Gasteiger partial charge in [-0.3, -0.25) is 0 Å². The fourth-order valence-electron chi connectivity index (χ4n) is 3.78. The zero-order valence-corrected chi connectivity index (χ0v) is 14.2. The number of ether oxygens (including phenoxy) is 2. The van der Waals surface area contributed by atoms with Gasteiger partial charge in [-0.1, -0.05) is 5.16 Å². The molecular formula is C18H23N3O3. The van der Waals surface area contributed by atoms with Gasteiger partial charge in [0.15, 0.2) is 5.82 Å². The number of rotatable bonds is 5. The Kier molecular flexibility index (Phi) is 3.92. The Bertz CT molecular complexity index is 732. The second-order valence-corrected chi connectivity index (χ2v) is 6.69. The Hall–Kier alpha value is -2.08. The first kappa shape index (κ1) is 15.4. The lowest BCUT2D eigenvalue weighted by Crippen LogP contribution is -2.19. The second kappa shape index (κ2) is 6.09. The van der Waals surface area contributed by atoms with Crippen molar-refractivity contribution in [3.05, 3.63) is 34.0 Å². The van der Waals surface area contributed by atoms with Gasteiger partial charge in [-0.05, 0) is 26.7 Å². The molecule has 4 rings (SSSR count). The van der Waals surface area contributed by atoms with Gasteiger partial charge in [-0.15, -0.1) is 0 Å². The van der Waals surface area contributed by atoms with Gasteiger partial charge in [0, 0.05) is 47.6 Å². The molecule has 0 unspecified atom stereocenters. The van der Waals surface area contributed by atoms with Gasteiger partial charge in [0.2, 0.25) is 5.89 Å². The van der Waals surface area contributed by atoms with Crippen molar-refractivity contribution in [3.63, 3.8) is 0 Å². The molecule has 2 aromatic rings. The van der Waals surface area contributed by atoms with E-state index in [9.17, 15) is 0 Å². The van der Waals surface area contributed by atoms with Crippen LogP contribution < -0.4 is 15.2 Å². The van der Waals surface area contributed by atoms with Crippen molar-refractivity contribution in [1.82, 2.24) is 10.1 Å². The van der Waals surface area contributed by atoms with Crippen molar-refractivity contribution >= 4 is 0 Å². The van der Waals surface area contributed by atoms with Gasteiger partial charge in [0.1, 0.15) is 11.5 Å². The number of hydrogen-bond donors (Lipinski definition) is 1. The normalized spacial score (nSPS) is 16.5. The van der Waals surface area contributed by atoms with Crippen LogP contribution in [0.4, 0.5) is 0 Å². The molecule has 2 aliphatic heterocycles. The molecular weight excluding hydrogens is 306 g/mol. The standard InChI is InChI=1S/C18H23N3O3/c1-10(19)9-15-14-6-8-22-17(14)12(13-5-7-23-18(13)15)3-4-16-20-11(2)21-24-16/h10H,3-9,19H2,1-2H3/t10-/m1/s1. The molecule has 2 aliphatic rings. The molecule has 6 nitrogen and oxygen atoms in total. The maximum Gasteiger partial charge on any atom is 0.226 e. The van der Waals surface area contributed by atoms with Crippen molar-refractivity contribution in [2.45, 2.75) is 52.0 Å². The second-order valence-electron chi connectivity index (χ2n) is 6.69. The van der Waals surface area contributed by atoms with Gasteiger partial charge in [0.25, 0.3) is 0 Å². The molecule has 24 heavy (non-hydrogen) atoms. The average molecular weight is 329 g/mol. The summed E-state index contributed by atoms with van der Waals surface area (Å²) < 4.78 is 17.2. The van der Waals surface area contributed by atoms with Crippen LogP contribution in [-0.2, 0) is 32.1 Å². The van der Waals surface area contributed by atoms with E-state index in [1.807, 2.05) is 13.8 Å². The molecule has 2 N–H and O–H groups in total. The summed E-state index contributed by atoms with van der Waals surface area (Å²) >= 11 is 0. The zero-order chi connectivity index (χ0) is 16.7. The summed E-state index contributed by atoms with van der Waals surface area (Å²) in [6, 6.07) is 0.107. The first-order chi connectivity index (χ1) is 11.6. The van der Waals surface area contributed by atoms with E-state index >= 15 is 0 Å². The molecule has 1 aromatic heterocycles. The summed E-state index contributed by atoms with van der Waals surface area (Å²) in [6.45, 7) is 5.34. The van der Waals surface area contributed by atoms with E-state index < -0.39 is 0 Å². The minimum atomic E-state index is 0.107. The third kappa shape index (κ3) is 2.65.